The highest BCUT2D eigenvalue weighted by Crippen LogP contribution is 2.31. The Hall–Kier alpha value is -1.32. The molecule has 0 heterocycles. The maximum atomic E-state index is 9.56. The third-order valence-corrected chi connectivity index (χ3v) is 3.07. The number of aliphatic hydroxyl groups excluding tert-OH is 2. The number of aliphatic hydroxyl groups is 2. The van der Waals surface area contributed by atoms with Crippen LogP contribution in [0.5, 0.6) is 5.75 Å². The third-order valence-electron chi connectivity index (χ3n) is 3.07. The van der Waals surface area contributed by atoms with Crippen molar-refractivity contribution < 1.29 is 14.9 Å². The second kappa shape index (κ2) is 5.84. The molecule has 1 rings (SSSR count). The van der Waals surface area contributed by atoms with Crippen LogP contribution in [-0.4, -0.2) is 30.0 Å². The number of rotatable bonds is 6. The lowest BCUT2D eigenvalue weighted by Crippen LogP contribution is -2.27. The van der Waals surface area contributed by atoms with Gasteiger partial charge in [0.25, 0.3) is 0 Å². The van der Waals surface area contributed by atoms with Gasteiger partial charge in [-0.1, -0.05) is 25.1 Å². The van der Waals surface area contributed by atoms with E-state index in [9.17, 15) is 5.11 Å². The molecule has 94 valence electrons. The molecule has 0 fully saturated rings. The van der Waals surface area contributed by atoms with Gasteiger partial charge in [0, 0.05) is 5.41 Å². The van der Waals surface area contributed by atoms with Crippen molar-refractivity contribution in [3.05, 3.63) is 42.5 Å². The minimum atomic E-state index is -0.736. The number of benzene rings is 1. The molecule has 0 aliphatic heterocycles. The SMILES string of the molecule is C=CC(C)(CC(O)CO)c1ccc(OC)cc1. The van der Waals surface area contributed by atoms with Gasteiger partial charge in [-0.05, 0) is 24.1 Å². The molecule has 3 heteroatoms. The summed E-state index contributed by atoms with van der Waals surface area (Å²) in [6.07, 6.45) is 1.51. The van der Waals surface area contributed by atoms with E-state index in [1.807, 2.05) is 31.2 Å². The number of allylic oxidation sites excluding steroid dienone is 1. The normalized spacial score (nSPS) is 16.0. The molecule has 2 N–H and O–H groups in total. The molecule has 2 unspecified atom stereocenters. The number of methoxy groups -OCH3 is 1. The summed E-state index contributed by atoms with van der Waals surface area (Å²) in [7, 11) is 1.62. The maximum absolute atomic E-state index is 9.56. The summed E-state index contributed by atoms with van der Waals surface area (Å²) in [5.41, 5.74) is 0.690. The summed E-state index contributed by atoms with van der Waals surface area (Å²) >= 11 is 0. The second-order valence-corrected chi connectivity index (χ2v) is 4.39. The van der Waals surface area contributed by atoms with Crippen molar-refractivity contribution in [2.24, 2.45) is 0 Å². The maximum Gasteiger partial charge on any atom is 0.118 e. The summed E-state index contributed by atoms with van der Waals surface area (Å²) in [5, 5.41) is 18.5. The molecular weight excluding hydrogens is 216 g/mol. The molecule has 1 aromatic rings. The van der Waals surface area contributed by atoms with Gasteiger partial charge in [-0.15, -0.1) is 6.58 Å². The van der Waals surface area contributed by atoms with Crippen molar-refractivity contribution in [3.8, 4) is 5.75 Å². The standard InChI is InChI=1S/C14H20O3/c1-4-14(2,9-12(16)10-15)11-5-7-13(17-3)8-6-11/h4-8,12,15-16H,1,9-10H2,2-3H3. The molecule has 0 spiro atoms. The van der Waals surface area contributed by atoms with E-state index in [1.54, 1.807) is 13.2 Å². The van der Waals surface area contributed by atoms with Crippen molar-refractivity contribution in [2.75, 3.05) is 13.7 Å². The summed E-state index contributed by atoms with van der Waals surface area (Å²) in [6, 6.07) is 7.65. The average Bonchev–Trinajstić information content (AvgIpc) is 2.38. The highest BCUT2D eigenvalue weighted by atomic mass is 16.5. The van der Waals surface area contributed by atoms with Crippen LogP contribution in [0.2, 0.25) is 0 Å². The first-order valence-electron chi connectivity index (χ1n) is 5.63. The van der Waals surface area contributed by atoms with Crippen LogP contribution in [0.25, 0.3) is 0 Å². The fourth-order valence-electron chi connectivity index (χ4n) is 1.84. The Morgan fingerprint density at radius 1 is 1.41 bits per heavy atom. The lowest BCUT2D eigenvalue weighted by Gasteiger charge is -2.28. The molecule has 0 amide bonds. The molecule has 3 nitrogen and oxygen atoms in total. The van der Waals surface area contributed by atoms with Gasteiger partial charge in [0.05, 0.1) is 19.8 Å². The molecule has 0 radical (unpaired) electrons. The fraction of sp³-hybridized carbons (Fsp3) is 0.429. The van der Waals surface area contributed by atoms with E-state index in [4.69, 9.17) is 9.84 Å². The van der Waals surface area contributed by atoms with Crippen LogP contribution in [0.15, 0.2) is 36.9 Å². The van der Waals surface area contributed by atoms with Crippen LogP contribution >= 0.6 is 0 Å². The van der Waals surface area contributed by atoms with E-state index < -0.39 is 6.10 Å². The number of ether oxygens (including phenoxy) is 1. The highest BCUT2D eigenvalue weighted by Gasteiger charge is 2.26. The van der Waals surface area contributed by atoms with Crippen molar-refractivity contribution in [1.29, 1.82) is 0 Å². The molecule has 0 aliphatic carbocycles. The first-order valence-corrected chi connectivity index (χ1v) is 5.63. The largest absolute Gasteiger partial charge is 0.497 e. The molecule has 1 aromatic carbocycles. The van der Waals surface area contributed by atoms with Crippen LogP contribution in [-0.2, 0) is 5.41 Å². The Labute approximate surface area is 102 Å². The number of hydrogen-bond donors (Lipinski definition) is 2. The molecule has 0 bridgehead atoms. The first kappa shape index (κ1) is 13.7. The van der Waals surface area contributed by atoms with Gasteiger partial charge in [0.15, 0.2) is 0 Å². The lowest BCUT2D eigenvalue weighted by molar-refractivity contribution is 0.0758. The van der Waals surface area contributed by atoms with Gasteiger partial charge in [0.1, 0.15) is 5.75 Å². The summed E-state index contributed by atoms with van der Waals surface area (Å²) in [6.45, 7) is 5.57. The predicted octanol–water partition coefficient (Wildman–Crippen LogP) is 1.88. The van der Waals surface area contributed by atoms with Crippen molar-refractivity contribution in [2.45, 2.75) is 24.9 Å². The van der Waals surface area contributed by atoms with Gasteiger partial charge in [-0.25, -0.2) is 0 Å². The van der Waals surface area contributed by atoms with Gasteiger partial charge in [-0.2, -0.15) is 0 Å². The predicted molar refractivity (Wildman–Crippen MR) is 68.3 cm³/mol. The minimum Gasteiger partial charge on any atom is -0.497 e. The highest BCUT2D eigenvalue weighted by molar-refractivity contribution is 5.34. The molecule has 17 heavy (non-hydrogen) atoms. The molecular formula is C14H20O3. The summed E-state index contributed by atoms with van der Waals surface area (Å²) in [4.78, 5) is 0. The van der Waals surface area contributed by atoms with Gasteiger partial charge < -0.3 is 14.9 Å². The lowest BCUT2D eigenvalue weighted by atomic mass is 9.78. The first-order chi connectivity index (χ1) is 8.05. The number of hydrogen-bond acceptors (Lipinski definition) is 3. The minimum absolute atomic E-state index is 0.237. The van der Waals surface area contributed by atoms with E-state index in [0.29, 0.717) is 6.42 Å². The van der Waals surface area contributed by atoms with Gasteiger partial charge in [-0.3, -0.25) is 0 Å². The fourth-order valence-corrected chi connectivity index (χ4v) is 1.84. The zero-order chi connectivity index (χ0) is 12.9. The molecule has 0 saturated carbocycles. The quantitative estimate of drug-likeness (QED) is 0.741. The summed E-state index contributed by atoms with van der Waals surface area (Å²) in [5.74, 6) is 0.794. The Kier molecular flexibility index (Phi) is 4.73. The molecule has 0 aliphatic rings. The monoisotopic (exact) mass is 236 g/mol. The van der Waals surface area contributed by atoms with E-state index in [0.717, 1.165) is 11.3 Å². The third kappa shape index (κ3) is 3.32. The van der Waals surface area contributed by atoms with Crippen molar-refractivity contribution >= 4 is 0 Å². The van der Waals surface area contributed by atoms with Crippen LogP contribution in [0, 0.1) is 0 Å². The Balaban J connectivity index is 2.94. The second-order valence-electron chi connectivity index (χ2n) is 4.39. The van der Waals surface area contributed by atoms with Crippen LogP contribution in [0.4, 0.5) is 0 Å². The molecule has 0 saturated heterocycles. The summed E-state index contributed by atoms with van der Waals surface area (Å²) < 4.78 is 5.10. The van der Waals surface area contributed by atoms with E-state index in [-0.39, 0.29) is 12.0 Å². The van der Waals surface area contributed by atoms with Crippen molar-refractivity contribution in [3.63, 3.8) is 0 Å². The van der Waals surface area contributed by atoms with Crippen LogP contribution in [0.1, 0.15) is 18.9 Å². The van der Waals surface area contributed by atoms with Gasteiger partial charge >= 0.3 is 0 Å². The Morgan fingerprint density at radius 2 is 2.00 bits per heavy atom. The smallest absolute Gasteiger partial charge is 0.118 e. The molecule has 0 aromatic heterocycles. The van der Waals surface area contributed by atoms with Gasteiger partial charge in [0.2, 0.25) is 0 Å². The zero-order valence-electron chi connectivity index (χ0n) is 10.4. The Morgan fingerprint density at radius 3 is 2.41 bits per heavy atom. The van der Waals surface area contributed by atoms with Crippen LogP contribution < -0.4 is 4.74 Å². The van der Waals surface area contributed by atoms with E-state index in [2.05, 4.69) is 6.58 Å². The zero-order valence-corrected chi connectivity index (χ0v) is 10.4. The van der Waals surface area contributed by atoms with E-state index >= 15 is 0 Å². The van der Waals surface area contributed by atoms with E-state index in [1.165, 1.54) is 0 Å². The van der Waals surface area contributed by atoms with Crippen molar-refractivity contribution in [1.82, 2.24) is 0 Å². The molecule has 2 atom stereocenters. The average molecular weight is 236 g/mol. The van der Waals surface area contributed by atoms with Crippen LogP contribution in [0.3, 0.4) is 0 Å². The topological polar surface area (TPSA) is 49.7 Å². The Bertz CT molecular complexity index is 358.